The number of Topliss-reactive ketones (excluding diaryl/α,β-unsaturated/α-hetero) is 1. The summed E-state index contributed by atoms with van der Waals surface area (Å²) in [5.41, 5.74) is 1.10. The molecule has 1 saturated heterocycles. The van der Waals surface area contributed by atoms with Gasteiger partial charge < -0.3 is 4.90 Å². The highest BCUT2D eigenvalue weighted by molar-refractivity contribution is 5.91. The van der Waals surface area contributed by atoms with Crippen LogP contribution in [0.5, 0.6) is 0 Å². The van der Waals surface area contributed by atoms with Crippen molar-refractivity contribution in [1.82, 2.24) is 4.90 Å². The number of ketones is 1. The molecule has 24 heavy (non-hydrogen) atoms. The first-order valence-corrected chi connectivity index (χ1v) is 10.7. The standard InChI is InChI=1S/C22H33NO/c1-13-16-4-5-18-15-10-19(24)22-11-14(22)6-8-20(22,2)17(15)7-9-21(16,18)12-23(13)3/h13-18H,4-12H2,1-3H3/t13-,14-,15-,16-,17+,18+,20-,21+,22-/m1/s1. The van der Waals surface area contributed by atoms with Crippen molar-refractivity contribution < 1.29 is 4.79 Å². The SMILES string of the molecule is C[C@@H]1[C@H]2CC[C@H]3[C@@H]4CC(=O)[C@@]56C[C@H]5CC[C@]6(C)[C@H]4CC[C@]23CN1C. The average Bonchev–Trinajstić information content (AvgIpc) is 2.96. The van der Waals surface area contributed by atoms with E-state index in [1.54, 1.807) is 0 Å². The minimum Gasteiger partial charge on any atom is -0.303 e. The fraction of sp³-hybridized carbons (Fsp3) is 0.955. The van der Waals surface area contributed by atoms with Crippen molar-refractivity contribution in [2.24, 2.45) is 45.8 Å². The quantitative estimate of drug-likeness (QED) is 0.666. The van der Waals surface area contributed by atoms with E-state index in [1.807, 2.05) is 0 Å². The van der Waals surface area contributed by atoms with Gasteiger partial charge in [-0.3, -0.25) is 4.79 Å². The molecule has 2 spiro atoms. The summed E-state index contributed by atoms with van der Waals surface area (Å²) >= 11 is 0. The van der Waals surface area contributed by atoms with Gasteiger partial charge in [0.2, 0.25) is 0 Å². The lowest BCUT2D eigenvalue weighted by Gasteiger charge is -2.58. The number of hydrogen-bond acceptors (Lipinski definition) is 2. The first kappa shape index (κ1) is 14.8. The van der Waals surface area contributed by atoms with Crippen molar-refractivity contribution in [1.29, 1.82) is 0 Å². The molecule has 0 N–H and O–H groups in total. The number of likely N-dealkylation sites (tertiary alicyclic amines) is 1. The van der Waals surface area contributed by atoms with Crippen molar-refractivity contribution in [2.45, 2.75) is 71.3 Å². The van der Waals surface area contributed by atoms with Crippen molar-refractivity contribution in [3.63, 3.8) is 0 Å². The zero-order valence-electron chi connectivity index (χ0n) is 15.7. The Balaban J connectivity index is 1.41. The highest BCUT2D eigenvalue weighted by atomic mass is 16.1. The minimum absolute atomic E-state index is 0.163. The average molecular weight is 328 g/mol. The molecular formula is C22H33NO. The number of fused-ring (bicyclic) bond motifs is 3. The Kier molecular flexibility index (Phi) is 2.54. The van der Waals surface area contributed by atoms with Gasteiger partial charge in [-0.15, -0.1) is 0 Å². The van der Waals surface area contributed by atoms with Gasteiger partial charge in [0.15, 0.2) is 0 Å². The Bertz CT molecular complexity index is 629. The normalized spacial score (nSPS) is 64.2. The van der Waals surface area contributed by atoms with Gasteiger partial charge in [-0.1, -0.05) is 6.92 Å². The maximum absolute atomic E-state index is 13.3. The van der Waals surface area contributed by atoms with E-state index in [2.05, 4.69) is 25.8 Å². The predicted octanol–water partition coefficient (Wildman–Crippen LogP) is 4.14. The molecule has 6 aliphatic rings. The van der Waals surface area contributed by atoms with Gasteiger partial charge >= 0.3 is 0 Å². The van der Waals surface area contributed by atoms with Gasteiger partial charge in [0.1, 0.15) is 5.78 Å². The van der Waals surface area contributed by atoms with E-state index >= 15 is 0 Å². The highest BCUT2D eigenvalue weighted by Gasteiger charge is 2.78. The summed E-state index contributed by atoms with van der Waals surface area (Å²) < 4.78 is 0. The Morgan fingerprint density at radius 1 is 1.04 bits per heavy atom. The van der Waals surface area contributed by atoms with Gasteiger partial charge in [-0.2, -0.15) is 0 Å². The van der Waals surface area contributed by atoms with Gasteiger partial charge in [0.05, 0.1) is 0 Å². The summed E-state index contributed by atoms with van der Waals surface area (Å²) in [6.07, 6.45) is 10.6. The van der Waals surface area contributed by atoms with E-state index in [0.29, 0.717) is 16.6 Å². The smallest absolute Gasteiger partial charge is 0.140 e. The molecule has 0 unspecified atom stereocenters. The van der Waals surface area contributed by atoms with Crippen LogP contribution in [-0.4, -0.2) is 30.3 Å². The number of carbonyl (C=O) groups is 1. The molecule has 0 amide bonds. The minimum atomic E-state index is 0.163. The molecule has 5 saturated carbocycles. The van der Waals surface area contributed by atoms with E-state index in [1.165, 1.54) is 51.5 Å². The van der Waals surface area contributed by atoms with E-state index in [0.717, 1.165) is 42.1 Å². The lowest BCUT2D eigenvalue weighted by molar-refractivity contribution is -0.150. The second-order valence-electron chi connectivity index (χ2n) is 10.9. The first-order chi connectivity index (χ1) is 11.4. The third-order valence-corrected chi connectivity index (χ3v) is 10.9. The maximum Gasteiger partial charge on any atom is 0.140 e. The maximum atomic E-state index is 13.3. The molecule has 1 heterocycles. The van der Waals surface area contributed by atoms with Crippen molar-refractivity contribution in [3.05, 3.63) is 0 Å². The molecule has 132 valence electrons. The molecule has 6 fully saturated rings. The van der Waals surface area contributed by atoms with Crippen molar-refractivity contribution in [3.8, 4) is 0 Å². The third kappa shape index (κ3) is 1.32. The van der Waals surface area contributed by atoms with E-state index in [-0.39, 0.29) is 5.41 Å². The summed E-state index contributed by atoms with van der Waals surface area (Å²) in [5, 5.41) is 0. The lowest BCUT2D eigenvalue weighted by Crippen LogP contribution is -2.56. The first-order valence-electron chi connectivity index (χ1n) is 10.7. The van der Waals surface area contributed by atoms with Crippen LogP contribution in [0.3, 0.4) is 0 Å². The summed E-state index contributed by atoms with van der Waals surface area (Å²) in [5.74, 6) is 4.83. The highest BCUT2D eigenvalue weighted by Crippen LogP contribution is 2.80. The molecule has 0 radical (unpaired) electrons. The monoisotopic (exact) mass is 327 g/mol. The lowest BCUT2D eigenvalue weighted by atomic mass is 9.46. The fourth-order valence-electron chi connectivity index (χ4n) is 9.81. The van der Waals surface area contributed by atoms with Gasteiger partial charge in [-0.05, 0) is 99.3 Å². The van der Waals surface area contributed by atoms with Crippen LogP contribution >= 0.6 is 0 Å². The summed E-state index contributed by atoms with van der Waals surface area (Å²) in [4.78, 5) is 15.9. The van der Waals surface area contributed by atoms with Gasteiger partial charge in [-0.25, -0.2) is 0 Å². The van der Waals surface area contributed by atoms with Crippen LogP contribution in [-0.2, 0) is 4.79 Å². The van der Waals surface area contributed by atoms with Crippen LogP contribution in [0, 0.1) is 45.8 Å². The van der Waals surface area contributed by atoms with Crippen LogP contribution in [0.25, 0.3) is 0 Å². The summed E-state index contributed by atoms with van der Waals surface area (Å²) in [7, 11) is 2.34. The number of carbonyl (C=O) groups excluding carboxylic acids is 1. The zero-order valence-corrected chi connectivity index (χ0v) is 15.7. The largest absolute Gasteiger partial charge is 0.303 e. The van der Waals surface area contributed by atoms with Crippen LogP contribution in [0.1, 0.15) is 65.2 Å². The van der Waals surface area contributed by atoms with Crippen molar-refractivity contribution >= 4 is 5.78 Å². The molecule has 1 aliphatic heterocycles. The Morgan fingerprint density at radius 2 is 1.83 bits per heavy atom. The topological polar surface area (TPSA) is 20.3 Å². The fourth-order valence-corrected chi connectivity index (χ4v) is 9.81. The molecule has 2 nitrogen and oxygen atoms in total. The number of rotatable bonds is 0. The Hall–Kier alpha value is -0.370. The molecule has 0 aromatic rings. The van der Waals surface area contributed by atoms with Crippen LogP contribution in [0.4, 0.5) is 0 Å². The van der Waals surface area contributed by atoms with Gasteiger partial charge in [0, 0.05) is 24.4 Å². The Morgan fingerprint density at radius 3 is 2.62 bits per heavy atom. The van der Waals surface area contributed by atoms with Crippen LogP contribution < -0.4 is 0 Å². The molecule has 2 heteroatoms. The Labute approximate surface area is 146 Å². The zero-order chi connectivity index (χ0) is 16.5. The van der Waals surface area contributed by atoms with E-state index in [9.17, 15) is 4.79 Å². The molecule has 0 aromatic carbocycles. The molecular weight excluding hydrogens is 294 g/mol. The third-order valence-electron chi connectivity index (χ3n) is 10.9. The van der Waals surface area contributed by atoms with E-state index in [4.69, 9.17) is 0 Å². The van der Waals surface area contributed by atoms with Crippen molar-refractivity contribution in [2.75, 3.05) is 13.6 Å². The second-order valence-corrected chi connectivity index (χ2v) is 10.9. The van der Waals surface area contributed by atoms with E-state index < -0.39 is 0 Å². The molecule has 6 rings (SSSR count). The summed E-state index contributed by atoms with van der Waals surface area (Å²) in [6.45, 7) is 6.32. The summed E-state index contributed by atoms with van der Waals surface area (Å²) in [6, 6.07) is 0.757. The van der Waals surface area contributed by atoms with Crippen LogP contribution in [0.15, 0.2) is 0 Å². The van der Waals surface area contributed by atoms with Crippen LogP contribution in [0.2, 0.25) is 0 Å². The van der Waals surface area contributed by atoms with Gasteiger partial charge in [0.25, 0.3) is 0 Å². The number of nitrogens with zero attached hydrogens (tertiary/aromatic N) is 1. The molecule has 0 bridgehead atoms. The molecule has 5 aliphatic carbocycles. The number of hydrogen-bond donors (Lipinski definition) is 0. The second kappa shape index (κ2) is 4.13. The molecule has 9 atom stereocenters. The predicted molar refractivity (Wildman–Crippen MR) is 94.5 cm³/mol. The molecule has 0 aromatic heterocycles.